The highest BCUT2D eigenvalue weighted by molar-refractivity contribution is 7.99. The van der Waals surface area contributed by atoms with E-state index in [4.69, 9.17) is 0 Å². The van der Waals surface area contributed by atoms with Gasteiger partial charge in [0.2, 0.25) is 5.91 Å². The maximum absolute atomic E-state index is 12.7. The van der Waals surface area contributed by atoms with Gasteiger partial charge in [-0.25, -0.2) is 0 Å². The van der Waals surface area contributed by atoms with E-state index in [1.54, 1.807) is 11.3 Å². The Labute approximate surface area is 163 Å². The maximum atomic E-state index is 12.7. The minimum atomic E-state index is 0.252. The van der Waals surface area contributed by atoms with Gasteiger partial charge in [0.25, 0.3) is 0 Å². The van der Waals surface area contributed by atoms with Gasteiger partial charge in [-0.15, -0.1) is 21.5 Å². The maximum Gasteiger partial charge on any atom is 0.233 e. The largest absolute Gasteiger partial charge is 0.342 e. The molecule has 2 aliphatic rings. The molecular formula is C19H26N4OS2. The SMILES string of the molecule is CCn1c(SCC(=O)N2CC[C@@H]3CCCC[C@@H]3C2)nnc1-c1cccs1. The monoisotopic (exact) mass is 390 g/mol. The van der Waals surface area contributed by atoms with Gasteiger partial charge < -0.3 is 9.47 Å². The lowest BCUT2D eigenvalue weighted by Crippen LogP contribution is -2.45. The summed E-state index contributed by atoms with van der Waals surface area (Å²) in [6.45, 7) is 4.80. The molecule has 2 aromatic rings. The van der Waals surface area contributed by atoms with Crippen LogP contribution in [0.1, 0.15) is 39.0 Å². The van der Waals surface area contributed by atoms with Crippen molar-refractivity contribution in [1.82, 2.24) is 19.7 Å². The zero-order valence-corrected chi connectivity index (χ0v) is 16.9. The van der Waals surface area contributed by atoms with Crippen LogP contribution >= 0.6 is 23.1 Å². The first-order valence-corrected chi connectivity index (χ1v) is 11.5. The Morgan fingerprint density at radius 3 is 2.88 bits per heavy atom. The molecule has 26 heavy (non-hydrogen) atoms. The number of hydrogen-bond acceptors (Lipinski definition) is 5. The molecule has 7 heteroatoms. The van der Waals surface area contributed by atoms with Gasteiger partial charge in [0.05, 0.1) is 10.6 Å². The van der Waals surface area contributed by atoms with Crippen LogP contribution in [0.3, 0.4) is 0 Å². The smallest absolute Gasteiger partial charge is 0.233 e. The van der Waals surface area contributed by atoms with E-state index >= 15 is 0 Å². The van der Waals surface area contributed by atoms with Gasteiger partial charge in [-0.2, -0.15) is 0 Å². The summed E-state index contributed by atoms with van der Waals surface area (Å²) in [5, 5.41) is 11.6. The lowest BCUT2D eigenvalue weighted by Gasteiger charge is -2.41. The van der Waals surface area contributed by atoms with Gasteiger partial charge in [0, 0.05) is 19.6 Å². The predicted octanol–water partition coefficient (Wildman–Crippen LogP) is 4.16. The van der Waals surface area contributed by atoms with Crippen LogP contribution in [0.4, 0.5) is 0 Å². The Morgan fingerprint density at radius 2 is 2.12 bits per heavy atom. The summed E-state index contributed by atoms with van der Waals surface area (Å²) in [7, 11) is 0. The van der Waals surface area contributed by atoms with Crippen molar-refractivity contribution in [3.63, 3.8) is 0 Å². The van der Waals surface area contributed by atoms with Crippen LogP contribution in [0, 0.1) is 11.8 Å². The molecule has 4 rings (SSSR count). The molecule has 0 spiro atoms. The van der Waals surface area contributed by atoms with E-state index in [-0.39, 0.29) is 5.91 Å². The van der Waals surface area contributed by atoms with E-state index in [0.717, 1.165) is 47.3 Å². The molecule has 140 valence electrons. The fourth-order valence-electron chi connectivity index (χ4n) is 4.31. The minimum absolute atomic E-state index is 0.252. The standard InChI is InChI=1S/C19H26N4OS2/c1-2-23-18(16-8-5-11-25-16)20-21-19(23)26-13-17(24)22-10-9-14-6-3-4-7-15(14)12-22/h5,8,11,14-15H,2-4,6-7,9-10,12-13H2,1H3/t14-,15+/m0/s1. The molecule has 1 saturated heterocycles. The van der Waals surface area contributed by atoms with Gasteiger partial charge in [0.15, 0.2) is 11.0 Å². The quantitative estimate of drug-likeness (QED) is 0.720. The third kappa shape index (κ3) is 3.69. The fourth-order valence-corrected chi connectivity index (χ4v) is 5.94. The molecule has 0 N–H and O–H groups in total. The van der Waals surface area contributed by atoms with Crippen molar-refractivity contribution in [3.8, 4) is 10.7 Å². The van der Waals surface area contributed by atoms with Gasteiger partial charge in [-0.3, -0.25) is 4.79 Å². The van der Waals surface area contributed by atoms with Crippen molar-refractivity contribution >= 4 is 29.0 Å². The number of likely N-dealkylation sites (tertiary alicyclic amines) is 1. The van der Waals surface area contributed by atoms with Crippen molar-refractivity contribution < 1.29 is 4.79 Å². The second kappa shape index (κ2) is 8.13. The first kappa shape index (κ1) is 18.0. The van der Waals surface area contributed by atoms with E-state index in [1.807, 2.05) is 6.07 Å². The molecule has 0 radical (unpaired) electrons. The Morgan fingerprint density at radius 1 is 1.27 bits per heavy atom. The number of rotatable bonds is 5. The minimum Gasteiger partial charge on any atom is -0.342 e. The molecule has 1 saturated carbocycles. The third-order valence-electron chi connectivity index (χ3n) is 5.74. The summed E-state index contributed by atoms with van der Waals surface area (Å²) in [6, 6.07) is 4.09. The van der Waals surface area contributed by atoms with Crippen LogP contribution in [-0.4, -0.2) is 44.4 Å². The summed E-state index contributed by atoms with van der Waals surface area (Å²) in [6.07, 6.45) is 6.57. The molecule has 3 heterocycles. The van der Waals surface area contributed by atoms with Crippen molar-refractivity contribution in [3.05, 3.63) is 17.5 Å². The Balaban J connectivity index is 1.37. The predicted molar refractivity (Wildman–Crippen MR) is 106 cm³/mol. The van der Waals surface area contributed by atoms with Crippen molar-refractivity contribution in [1.29, 1.82) is 0 Å². The molecule has 2 atom stereocenters. The molecule has 0 aromatic carbocycles. The number of thiophene rings is 1. The highest BCUT2D eigenvalue weighted by atomic mass is 32.2. The van der Waals surface area contributed by atoms with Crippen LogP contribution in [-0.2, 0) is 11.3 Å². The van der Waals surface area contributed by atoms with Crippen LogP contribution in [0.15, 0.2) is 22.7 Å². The number of fused-ring (bicyclic) bond motifs is 1. The van der Waals surface area contributed by atoms with E-state index < -0.39 is 0 Å². The van der Waals surface area contributed by atoms with Gasteiger partial charge in [0.1, 0.15) is 0 Å². The summed E-state index contributed by atoms with van der Waals surface area (Å²) in [5.41, 5.74) is 0. The van der Waals surface area contributed by atoms with Crippen molar-refractivity contribution in [2.45, 2.75) is 50.7 Å². The first-order chi connectivity index (χ1) is 12.8. The second-order valence-electron chi connectivity index (χ2n) is 7.25. The summed E-state index contributed by atoms with van der Waals surface area (Å²) in [5.74, 6) is 3.20. The van der Waals surface area contributed by atoms with Crippen LogP contribution < -0.4 is 0 Å². The van der Waals surface area contributed by atoms with Crippen LogP contribution in [0.25, 0.3) is 10.7 Å². The zero-order valence-electron chi connectivity index (χ0n) is 15.3. The number of carbonyl (C=O) groups excluding carboxylic acids is 1. The summed E-state index contributed by atoms with van der Waals surface area (Å²) < 4.78 is 2.11. The van der Waals surface area contributed by atoms with Crippen LogP contribution in [0.2, 0.25) is 0 Å². The fraction of sp³-hybridized carbons (Fsp3) is 0.632. The topological polar surface area (TPSA) is 51.0 Å². The summed E-state index contributed by atoms with van der Waals surface area (Å²) in [4.78, 5) is 15.9. The van der Waals surface area contributed by atoms with Crippen molar-refractivity contribution in [2.75, 3.05) is 18.8 Å². The molecule has 0 bridgehead atoms. The molecule has 0 unspecified atom stereocenters. The first-order valence-electron chi connectivity index (χ1n) is 9.64. The number of thioether (sulfide) groups is 1. The summed E-state index contributed by atoms with van der Waals surface area (Å²) >= 11 is 3.19. The number of aromatic nitrogens is 3. The molecular weight excluding hydrogens is 364 g/mol. The molecule has 1 amide bonds. The second-order valence-corrected chi connectivity index (χ2v) is 9.14. The van der Waals surface area contributed by atoms with Gasteiger partial charge in [-0.05, 0) is 43.0 Å². The van der Waals surface area contributed by atoms with E-state index in [9.17, 15) is 4.79 Å². The van der Waals surface area contributed by atoms with E-state index in [1.165, 1.54) is 43.9 Å². The number of piperidine rings is 1. The molecule has 1 aliphatic heterocycles. The van der Waals surface area contributed by atoms with Crippen LogP contribution in [0.5, 0.6) is 0 Å². The number of amides is 1. The van der Waals surface area contributed by atoms with E-state index in [2.05, 4.69) is 38.0 Å². The number of hydrogen-bond donors (Lipinski definition) is 0. The molecule has 2 aromatic heterocycles. The molecule has 2 fully saturated rings. The number of carbonyl (C=O) groups is 1. The normalized spacial score (nSPS) is 23.0. The van der Waals surface area contributed by atoms with Gasteiger partial charge in [-0.1, -0.05) is 37.1 Å². The highest BCUT2D eigenvalue weighted by Gasteiger charge is 2.32. The number of nitrogens with zero attached hydrogens (tertiary/aromatic N) is 4. The average Bonchev–Trinajstić information content (AvgIpc) is 3.34. The highest BCUT2D eigenvalue weighted by Crippen LogP contribution is 2.36. The Kier molecular flexibility index (Phi) is 5.64. The van der Waals surface area contributed by atoms with Gasteiger partial charge >= 0.3 is 0 Å². The Bertz CT molecular complexity index is 743. The lowest BCUT2D eigenvalue weighted by molar-refractivity contribution is -0.131. The lowest BCUT2D eigenvalue weighted by atomic mass is 9.75. The average molecular weight is 391 g/mol. The third-order valence-corrected chi connectivity index (χ3v) is 7.56. The molecule has 1 aliphatic carbocycles. The Hall–Kier alpha value is -1.34. The van der Waals surface area contributed by atoms with E-state index in [0.29, 0.717) is 5.75 Å². The molecule has 5 nitrogen and oxygen atoms in total. The zero-order chi connectivity index (χ0) is 17.9. The van der Waals surface area contributed by atoms with Crippen molar-refractivity contribution in [2.24, 2.45) is 11.8 Å².